The lowest BCUT2D eigenvalue weighted by atomic mass is 9.80. The Labute approximate surface area is 748 Å². The molecular formula is C101H112Cl3N5O14S. The summed E-state index contributed by atoms with van der Waals surface area (Å²) in [5, 5.41) is 6.28. The van der Waals surface area contributed by atoms with Gasteiger partial charge >= 0.3 is 24.2 Å². The molecular weight excluding hydrogens is 1650 g/mol. The SMILES string of the molecule is CC[C@H](C)[C@@H](C(=O)OC(c1ccccc1)(c1ccccc1)c1ccccc1)N(C)C(=O)[C@H](C)N(C)C(=O)[C@H](Cc1ccc(OC)cc1)NC(=O)/C(C)=C/[C@@H](CSC(c1ccccc1)(c1ccccc1)c1ccccc1)NC(=O)[C@H](C)[C@H](C[C@H](C)C[C@H](OC(=O)[C@H]1CCCN1C(=O)OCC1c2ccccc2-c2ccccc21)C(C)(C)C)OC(=O)OCC(Cl)(Cl)Cl. The minimum atomic E-state index is -2.03. The summed E-state index contributed by atoms with van der Waals surface area (Å²) in [5.74, 6) is -5.39. The van der Waals surface area contributed by atoms with Gasteiger partial charge in [-0.05, 0) is 113 Å². The van der Waals surface area contributed by atoms with Gasteiger partial charge in [-0.1, -0.05) is 338 Å². The zero-order valence-electron chi connectivity index (χ0n) is 72.3. The van der Waals surface area contributed by atoms with Gasteiger partial charge in [0.05, 0.1) is 23.8 Å². The fraction of sp³-hybridized carbons (Fsp3) is 0.366. The molecule has 1 aliphatic heterocycles. The number of hydrogen-bond donors (Lipinski definition) is 2. The Morgan fingerprint density at radius 2 is 1.07 bits per heavy atom. The van der Waals surface area contributed by atoms with Crippen LogP contribution in [-0.4, -0.2) is 155 Å². The Kier molecular flexibility index (Phi) is 32.3. The van der Waals surface area contributed by atoms with Gasteiger partial charge in [0.25, 0.3) is 0 Å². The van der Waals surface area contributed by atoms with Gasteiger partial charge in [0.2, 0.25) is 27.4 Å². The van der Waals surface area contributed by atoms with Crippen molar-refractivity contribution in [2.24, 2.45) is 23.2 Å². The van der Waals surface area contributed by atoms with Crippen molar-refractivity contribution in [2.45, 2.75) is 163 Å². The number of fused-ring (bicyclic) bond motifs is 3. The summed E-state index contributed by atoms with van der Waals surface area (Å²) in [6, 6.07) is 75.8. The molecule has 19 nitrogen and oxygen atoms in total. The number of carbonyl (C=O) groups is 8. The number of halogens is 3. The number of alkyl halides is 3. The molecule has 0 aromatic heterocycles. The molecule has 1 aliphatic carbocycles. The predicted molar refractivity (Wildman–Crippen MR) is 488 cm³/mol. The van der Waals surface area contributed by atoms with Crippen LogP contribution in [0.2, 0.25) is 0 Å². The Hall–Kier alpha value is -10.9. The number of ether oxygens (including phenoxy) is 6. The van der Waals surface area contributed by atoms with Gasteiger partial charge in [-0.2, -0.15) is 0 Å². The monoisotopic (exact) mass is 1760 g/mol. The Bertz CT molecular complexity index is 4880. The van der Waals surface area contributed by atoms with Gasteiger partial charge in [0.1, 0.15) is 55.3 Å². The lowest BCUT2D eigenvalue weighted by molar-refractivity contribution is -0.166. The molecule has 9 aromatic carbocycles. The van der Waals surface area contributed by atoms with Crippen LogP contribution in [0, 0.1) is 23.2 Å². The highest BCUT2D eigenvalue weighted by Crippen LogP contribution is 2.50. The summed E-state index contributed by atoms with van der Waals surface area (Å²) in [6.07, 6.45) is -0.701. The van der Waals surface area contributed by atoms with Gasteiger partial charge < -0.3 is 48.9 Å². The largest absolute Gasteiger partial charge is 0.508 e. The van der Waals surface area contributed by atoms with E-state index in [0.29, 0.717) is 47.3 Å². The van der Waals surface area contributed by atoms with Crippen LogP contribution in [0.1, 0.15) is 150 Å². The van der Waals surface area contributed by atoms with E-state index in [-0.39, 0.29) is 49.7 Å². The van der Waals surface area contributed by atoms with E-state index in [4.69, 9.17) is 63.2 Å². The molecule has 0 spiro atoms. The van der Waals surface area contributed by atoms with Crippen molar-refractivity contribution in [1.29, 1.82) is 0 Å². The van der Waals surface area contributed by atoms with Crippen molar-refractivity contribution in [2.75, 3.05) is 46.7 Å². The molecule has 5 amide bonds. The summed E-state index contributed by atoms with van der Waals surface area (Å²) in [6.45, 7) is 15.9. The smallest absolute Gasteiger partial charge is 0.497 e. The Morgan fingerprint density at radius 3 is 1.55 bits per heavy atom. The molecule has 11 rings (SSSR count). The van der Waals surface area contributed by atoms with Crippen LogP contribution in [-0.2, 0) is 69.2 Å². The number of benzene rings is 9. The fourth-order valence-corrected chi connectivity index (χ4v) is 18.3. The number of esters is 2. The normalized spacial score (nSPS) is 15.8. The van der Waals surface area contributed by atoms with Crippen LogP contribution in [0.3, 0.4) is 0 Å². The second-order valence-electron chi connectivity index (χ2n) is 33.4. The first-order chi connectivity index (χ1) is 59.4. The number of nitrogens with zero attached hydrogens (tertiary/aromatic N) is 3. The van der Waals surface area contributed by atoms with E-state index in [1.54, 1.807) is 51.1 Å². The highest BCUT2D eigenvalue weighted by molar-refractivity contribution is 8.00. The van der Waals surface area contributed by atoms with Gasteiger partial charge in [-0.25, -0.2) is 19.2 Å². The van der Waals surface area contributed by atoms with Crippen LogP contribution in [0.15, 0.2) is 266 Å². The molecule has 1 heterocycles. The van der Waals surface area contributed by atoms with Crippen molar-refractivity contribution in [3.8, 4) is 16.9 Å². The maximum atomic E-state index is 15.7. The average molecular weight is 1760 g/mol. The third-order valence-corrected chi connectivity index (χ3v) is 25.8. The predicted octanol–water partition coefficient (Wildman–Crippen LogP) is 19.4. The zero-order chi connectivity index (χ0) is 89.0. The first-order valence-corrected chi connectivity index (χ1v) is 44.4. The Morgan fingerprint density at radius 1 is 0.589 bits per heavy atom. The summed E-state index contributed by atoms with van der Waals surface area (Å²) in [5.41, 5.74) is 7.67. The number of amides is 5. The van der Waals surface area contributed by atoms with Crippen molar-refractivity contribution in [1.82, 2.24) is 25.3 Å². The maximum absolute atomic E-state index is 15.7. The van der Waals surface area contributed by atoms with E-state index >= 15 is 24.0 Å². The van der Waals surface area contributed by atoms with E-state index in [9.17, 15) is 14.4 Å². The number of methoxy groups -OCH3 is 1. The fourth-order valence-electron chi connectivity index (χ4n) is 16.6. The molecule has 124 heavy (non-hydrogen) atoms. The number of thioether (sulfide) groups is 1. The van der Waals surface area contributed by atoms with Gasteiger partial charge in [-0.3, -0.25) is 24.1 Å². The van der Waals surface area contributed by atoms with E-state index in [1.165, 1.54) is 47.7 Å². The molecule has 1 fully saturated rings. The van der Waals surface area contributed by atoms with E-state index in [0.717, 1.165) is 38.9 Å². The minimum Gasteiger partial charge on any atom is -0.497 e. The molecule has 23 heteroatoms. The van der Waals surface area contributed by atoms with Crippen LogP contribution in [0.4, 0.5) is 9.59 Å². The highest BCUT2D eigenvalue weighted by Gasteiger charge is 2.47. The van der Waals surface area contributed by atoms with Crippen LogP contribution >= 0.6 is 46.6 Å². The molecule has 10 atom stereocenters. The van der Waals surface area contributed by atoms with E-state index in [1.807, 2.05) is 260 Å². The second-order valence-corrected chi connectivity index (χ2v) is 37.1. The van der Waals surface area contributed by atoms with Crippen molar-refractivity contribution in [3.05, 3.63) is 317 Å². The zero-order valence-corrected chi connectivity index (χ0v) is 75.4. The number of likely N-dealkylation sites (tertiary alicyclic amines) is 1. The van der Waals surface area contributed by atoms with Crippen LogP contribution in [0.25, 0.3) is 11.1 Å². The number of likely N-dealkylation sites (N-methyl/N-ethyl adjacent to an activating group) is 2. The summed E-state index contributed by atoms with van der Waals surface area (Å²) in [7, 11) is 4.56. The van der Waals surface area contributed by atoms with Crippen molar-refractivity contribution < 1.29 is 66.8 Å². The quantitative estimate of drug-likeness (QED) is 0.0122. The molecule has 0 saturated carbocycles. The summed E-state index contributed by atoms with van der Waals surface area (Å²) in [4.78, 5) is 124. The van der Waals surface area contributed by atoms with Crippen molar-refractivity contribution in [3.63, 3.8) is 0 Å². The van der Waals surface area contributed by atoms with Crippen molar-refractivity contribution >= 4 is 94.4 Å². The third kappa shape index (κ3) is 22.8. The lowest BCUT2D eigenvalue weighted by Gasteiger charge is -2.40. The molecule has 9 aromatic rings. The third-order valence-electron chi connectivity index (χ3n) is 23.8. The van der Waals surface area contributed by atoms with Gasteiger partial charge in [0, 0.05) is 61.0 Å². The van der Waals surface area contributed by atoms with E-state index in [2.05, 4.69) is 22.8 Å². The maximum Gasteiger partial charge on any atom is 0.508 e. The van der Waals surface area contributed by atoms with E-state index < -0.39 is 134 Å². The topological polar surface area (TPSA) is 226 Å². The van der Waals surface area contributed by atoms with Gasteiger partial charge in [0.15, 0.2) is 5.60 Å². The number of rotatable bonds is 36. The van der Waals surface area contributed by atoms with Crippen LogP contribution in [0.5, 0.6) is 5.75 Å². The standard InChI is InChI=1S/C101H112Cl3N5O14S/c1-13-67(3)89(95(115)123-100(72-37-20-14-21-38-72,73-39-22-15-23-40-73)74-41-24-16-25-42-74)108(11)92(112)70(6)107(10)93(113)85(62-71-54-56-79(118-12)57-55-71)106-90(110)68(4)61-78(64-124-101(75-43-26-17-27-44-75,76-45-28-18-29-46-76)77-47-30-19-31-48-77)105-91(111)69(5)87(121-97(117)120-65-99(102,103)104)59-66(2)60-88(98(7,8)9)122-94(114)86-53-36-58-109(86)96(116)119-63-84-82-51-34-32-49-80(82)81-50-33-35-52-83(81)84/h14-35,37-52,54-57,61,66-67,69-70,78,84-89H,13,36,53,58-60,62-65H2,1-12H3,(H,105,111)(H,106,110)/b68-61+/t66-,67-,69+,70-,78-,85-,86+,87-,88-,89-/m0/s1. The van der Waals surface area contributed by atoms with Gasteiger partial charge in [-0.15, -0.1) is 11.8 Å². The molecule has 0 unspecified atom stereocenters. The molecule has 652 valence electrons. The number of hydrogen-bond acceptors (Lipinski definition) is 15. The Balaban J connectivity index is 0.873. The lowest BCUT2D eigenvalue weighted by Crippen LogP contribution is -2.57. The molecule has 0 bridgehead atoms. The summed E-state index contributed by atoms with van der Waals surface area (Å²) >= 11 is 19.8. The minimum absolute atomic E-state index is 0.00908. The number of carbonyl (C=O) groups excluding carboxylic acids is 8. The molecule has 2 N–H and O–H groups in total. The molecule has 0 radical (unpaired) electrons. The van der Waals surface area contributed by atoms with Crippen LogP contribution < -0.4 is 15.4 Å². The first kappa shape index (κ1) is 93.8. The average Bonchev–Trinajstić information content (AvgIpc) is 1.01. The highest BCUT2D eigenvalue weighted by atomic mass is 35.6. The molecule has 1 saturated heterocycles. The first-order valence-electron chi connectivity index (χ1n) is 42.2. The number of nitrogens with one attached hydrogen (secondary N) is 2. The molecule has 2 aliphatic rings. The summed E-state index contributed by atoms with van der Waals surface area (Å²) < 4.78 is 33.5. The second kappa shape index (κ2) is 42.7.